The zero-order valence-electron chi connectivity index (χ0n) is 37.7. The zero-order valence-corrected chi connectivity index (χ0v) is 42.4. The van der Waals surface area contributed by atoms with Crippen LogP contribution in [0.1, 0.15) is 60.8 Å². The second-order valence-electron chi connectivity index (χ2n) is 17.6. The Morgan fingerprint density at radius 2 is 1.20 bits per heavy atom. The van der Waals surface area contributed by atoms with Gasteiger partial charge in [0.15, 0.2) is 28.7 Å². The summed E-state index contributed by atoms with van der Waals surface area (Å²) in [6, 6.07) is 6.90. The number of nitrogens with two attached hydrogens (primary N) is 2. The molecule has 0 amide bonds. The SMILES string of the molecule is CC1(C)O[C@@H]2[C@@H](CO)C[C@@H](N)[C@@H]2O1.CC1(C)O[C@@H]2[C@@H](CO)C[C@@H](Nc3ccnc4cc(Br)nn34)[C@@H]2O1.COC(C)(C)OC.Cl.Clc1ccnc2cc(Br)nn12.N[C@@H]1C[C@H](CO)[C@@H](O)[C@H]1O. The molecule has 3 aliphatic carbocycles. The quantitative estimate of drug-likeness (QED) is 0.0974. The highest BCUT2D eigenvalue weighted by atomic mass is 79.9. The van der Waals surface area contributed by atoms with Crippen LogP contribution in [0.5, 0.6) is 0 Å². The van der Waals surface area contributed by atoms with Gasteiger partial charge in [-0.3, -0.25) is 0 Å². The fraction of sp³-hybridized carbons (Fsp3) is 0.707. The molecule has 3 saturated carbocycles. The van der Waals surface area contributed by atoms with Gasteiger partial charge in [0, 0.05) is 88.4 Å². The number of hydrogen-bond acceptors (Lipinski definition) is 18. The minimum Gasteiger partial charge on any atom is -0.396 e. The highest BCUT2D eigenvalue weighted by molar-refractivity contribution is 9.10. The molecule has 4 aromatic heterocycles. The van der Waals surface area contributed by atoms with Crippen LogP contribution in [-0.4, -0.2) is 161 Å². The fourth-order valence-corrected chi connectivity index (χ4v) is 9.05. The molecule has 20 nitrogen and oxygen atoms in total. The van der Waals surface area contributed by atoms with Crippen LogP contribution >= 0.6 is 55.9 Å². The molecule has 65 heavy (non-hydrogen) atoms. The van der Waals surface area contributed by atoms with Crippen LogP contribution in [0, 0.1) is 17.8 Å². The minimum atomic E-state index is -0.864. The van der Waals surface area contributed by atoms with Gasteiger partial charge in [0.1, 0.15) is 32.4 Å². The third-order valence-corrected chi connectivity index (χ3v) is 12.7. The number of fused-ring (bicyclic) bond motifs is 4. The smallest absolute Gasteiger partial charge is 0.163 e. The van der Waals surface area contributed by atoms with E-state index in [0.29, 0.717) is 11.6 Å². The number of anilines is 1. The average molecular weight is 1090 g/mol. The van der Waals surface area contributed by atoms with Gasteiger partial charge in [0.2, 0.25) is 0 Å². The molecule has 0 spiro atoms. The number of rotatable bonds is 7. The summed E-state index contributed by atoms with van der Waals surface area (Å²) in [4.78, 5) is 8.34. The van der Waals surface area contributed by atoms with E-state index in [1.807, 2.05) is 53.7 Å². The summed E-state index contributed by atoms with van der Waals surface area (Å²) in [5.41, 5.74) is 12.8. The van der Waals surface area contributed by atoms with Crippen LogP contribution in [0.3, 0.4) is 0 Å². The Morgan fingerprint density at radius 3 is 1.68 bits per heavy atom. The van der Waals surface area contributed by atoms with Gasteiger partial charge in [-0.1, -0.05) is 11.6 Å². The van der Waals surface area contributed by atoms with E-state index >= 15 is 0 Å². The van der Waals surface area contributed by atoms with E-state index in [9.17, 15) is 5.11 Å². The van der Waals surface area contributed by atoms with Crippen molar-refractivity contribution in [3.63, 3.8) is 0 Å². The van der Waals surface area contributed by atoms with Crippen molar-refractivity contribution in [1.29, 1.82) is 0 Å². The molecular formula is C41H65Br2Cl2N9O11. The first-order chi connectivity index (χ1) is 30.1. The molecule has 6 heterocycles. The largest absolute Gasteiger partial charge is 0.396 e. The molecular weight excluding hydrogens is 1030 g/mol. The summed E-state index contributed by atoms with van der Waals surface area (Å²) in [6.07, 6.45) is 3.52. The van der Waals surface area contributed by atoms with Crippen LogP contribution < -0.4 is 16.8 Å². The van der Waals surface area contributed by atoms with E-state index in [4.69, 9.17) is 71.9 Å². The standard InChI is InChI=1S/C15H19BrN4O3.C9H17NO3.C6H3BrClN3.C6H13NO3.C5H12O2.ClH/c1-15(2)22-13-8(7-21)5-9(14(13)23-15)18-11-3-4-17-12-6-10(16)19-20(11)12;1-9(2)12-7-5(4-11)3-6(10)8(7)13-9;7-4-3-6-9-2-1-5(8)11(6)10-4;7-4-1-3(2-8)5(9)6(4)10;1-5(2,6-3)7-4;/h3-4,6,8-9,13-14,18,21H,5,7H2,1-2H3;5-8,11H,3-4,10H2,1-2H3;1-3H;3-6,8-10H,1-2,7H2;1-4H3;1H/t8-,9-,13-,14+;5-,6-,7-,8+;;3-,4-,5-,6+;;/m11.1../s1. The number of hydrogen-bond donors (Lipinski definition) is 8. The highest BCUT2D eigenvalue weighted by Gasteiger charge is 2.54. The third kappa shape index (κ3) is 14.1. The molecule has 12 atom stereocenters. The lowest BCUT2D eigenvalue weighted by Gasteiger charge is -2.24. The van der Waals surface area contributed by atoms with Crippen LogP contribution in [-0.2, 0) is 28.4 Å². The first kappa shape index (κ1) is 55.7. The molecule has 0 aromatic carbocycles. The number of halogens is 4. The molecule has 4 aromatic rings. The second-order valence-corrected chi connectivity index (χ2v) is 19.6. The molecule has 10 N–H and O–H groups in total. The monoisotopic (exact) mass is 1090 g/mol. The van der Waals surface area contributed by atoms with Crippen molar-refractivity contribution in [3.05, 3.63) is 51.0 Å². The first-order valence-electron chi connectivity index (χ1n) is 21.0. The molecule has 5 aliphatic rings. The summed E-state index contributed by atoms with van der Waals surface area (Å²) < 4.78 is 37.9. The topological polar surface area (TPSA) is 281 Å². The molecule has 5 fully saturated rings. The Bertz CT molecular complexity index is 2100. The lowest BCUT2D eigenvalue weighted by atomic mass is 10.1. The van der Waals surface area contributed by atoms with Crippen LogP contribution in [0.25, 0.3) is 11.3 Å². The van der Waals surface area contributed by atoms with Crippen molar-refractivity contribution in [2.75, 3.05) is 39.4 Å². The van der Waals surface area contributed by atoms with Crippen molar-refractivity contribution in [2.45, 2.75) is 133 Å². The average Bonchev–Trinajstić information content (AvgIpc) is 4.11. The number of methoxy groups -OCH3 is 2. The van der Waals surface area contributed by atoms with Crippen molar-refractivity contribution >= 4 is 73.0 Å². The summed E-state index contributed by atoms with van der Waals surface area (Å²) in [6.45, 7) is 11.4. The predicted octanol–water partition coefficient (Wildman–Crippen LogP) is 3.28. The third-order valence-electron chi connectivity index (χ3n) is 11.7. The summed E-state index contributed by atoms with van der Waals surface area (Å²) in [5.74, 6) is -0.768. The van der Waals surface area contributed by atoms with Gasteiger partial charge >= 0.3 is 0 Å². The number of aliphatic hydroxyl groups excluding tert-OH is 5. The maximum atomic E-state index is 9.65. The van der Waals surface area contributed by atoms with Crippen molar-refractivity contribution < 1.29 is 54.0 Å². The molecule has 368 valence electrons. The molecule has 0 unspecified atom stereocenters. The number of ether oxygens (including phenoxy) is 6. The summed E-state index contributed by atoms with van der Waals surface area (Å²) in [5, 5.41) is 58.1. The van der Waals surface area contributed by atoms with Crippen molar-refractivity contribution in [2.24, 2.45) is 29.2 Å². The molecule has 2 saturated heterocycles. The van der Waals surface area contributed by atoms with Crippen molar-refractivity contribution in [3.8, 4) is 0 Å². The van der Waals surface area contributed by atoms with E-state index in [1.165, 1.54) is 0 Å². The van der Waals surface area contributed by atoms with E-state index in [2.05, 4.69) is 57.3 Å². The van der Waals surface area contributed by atoms with Gasteiger partial charge < -0.3 is 70.7 Å². The summed E-state index contributed by atoms with van der Waals surface area (Å²) in [7, 11) is 3.23. The molecule has 2 aliphatic heterocycles. The predicted molar refractivity (Wildman–Crippen MR) is 250 cm³/mol. The maximum Gasteiger partial charge on any atom is 0.163 e. The van der Waals surface area contributed by atoms with Gasteiger partial charge in [-0.05, 0) is 105 Å². The lowest BCUT2D eigenvalue weighted by Crippen LogP contribution is -2.35. The van der Waals surface area contributed by atoms with Crippen LogP contribution in [0.2, 0.25) is 5.15 Å². The normalized spacial score (nSPS) is 31.5. The Morgan fingerprint density at radius 1 is 0.738 bits per heavy atom. The lowest BCUT2D eigenvalue weighted by molar-refractivity contribution is -0.178. The Balaban J connectivity index is 0.000000190. The Labute approximate surface area is 406 Å². The number of aromatic nitrogens is 6. The van der Waals surface area contributed by atoms with Crippen LogP contribution in [0.15, 0.2) is 45.9 Å². The fourth-order valence-electron chi connectivity index (χ4n) is 8.15. The molecule has 0 bridgehead atoms. The number of nitrogens with zero attached hydrogens (tertiary/aromatic N) is 6. The van der Waals surface area contributed by atoms with E-state index in [1.54, 1.807) is 47.8 Å². The van der Waals surface area contributed by atoms with E-state index < -0.39 is 29.6 Å². The Hall–Kier alpha value is -1.94. The maximum absolute atomic E-state index is 9.65. The van der Waals surface area contributed by atoms with Gasteiger partial charge in [0.05, 0.1) is 30.5 Å². The Kier molecular flexibility index (Phi) is 20.2. The first-order valence-corrected chi connectivity index (χ1v) is 23.0. The van der Waals surface area contributed by atoms with Crippen molar-refractivity contribution in [1.82, 2.24) is 29.2 Å². The molecule has 9 rings (SSSR count). The van der Waals surface area contributed by atoms with Gasteiger partial charge in [-0.25, -0.2) is 14.5 Å². The van der Waals surface area contributed by atoms with Gasteiger partial charge in [0.25, 0.3) is 0 Å². The number of nitrogens with one attached hydrogen (secondary N) is 1. The molecule has 0 radical (unpaired) electrons. The minimum absolute atomic E-state index is 0. The molecule has 24 heteroatoms. The zero-order chi connectivity index (χ0) is 47.3. The van der Waals surface area contributed by atoms with E-state index in [0.717, 1.165) is 39.2 Å². The van der Waals surface area contributed by atoms with Crippen LogP contribution in [0.4, 0.5) is 5.82 Å². The second kappa shape index (κ2) is 23.6. The number of aliphatic hydroxyl groups is 5. The highest BCUT2D eigenvalue weighted by Crippen LogP contribution is 2.43. The summed E-state index contributed by atoms with van der Waals surface area (Å²) >= 11 is 12.4. The van der Waals surface area contributed by atoms with Gasteiger partial charge in [-0.2, -0.15) is 14.7 Å². The van der Waals surface area contributed by atoms with Gasteiger partial charge in [-0.15, -0.1) is 12.4 Å². The van der Waals surface area contributed by atoms with E-state index in [-0.39, 0.29) is 92.5 Å².